The molecule has 0 aliphatic carbocycles. The number of nitriles is 1. The Morgan fingerprint density at radius 2 is 1.97 bits per heavy atom. The van der Waals surface area contributed by atoms with E-state index >= 15 is 0 Å². The number of allylic oxidation sites excluding steroid dienone is 2. The van der Waals surface area contributed by atoms with E-state index in [4.69, 9.17) is 15.9 Å². The van der Waals surface area contributed by atoms with Crippen molar-refractivity contribution in [2.45, 2.75) is 64.7 Å². The molecule has 6 heteroatoms. The minimum atomic E-state index is 0. The van der Waals surface area contributed by atoms with Crippen LogP contribution in [0.4, 0.5) is 0 Å². The molecule has 0 radical (unpaired) electrons. The van der Waals surface area contributed by atoms with Crippen LogP contribution in [0, 0.1) is 11.3 Å². The topological polar surface area (TPSA) is 71.0 Å². The first-order chi connectivity index (χ1) is 14.6. The van der Waals surface area contributed by atoms with E-state index in [1.807, 2.05) is 0 Å². The van der Waals surface area contributed by atoms with Gasteiger partial charge in [0, 0.05) is 37.1 Å². The summed E-state index contributed by atoms with van der Waals surface area (Å²) in [6.45, 7) is 8.64. The Labute approximate surface area is 197 Å². The van der Waals surface area contributed by atoms with Gasteiger partial charge in [0.1, 0.15) is 0 Å². The fourth-order valence-corrected chi connectivity index (χ4v) is 4.28. The van der Waals surface area contributed by atoms with Crippen LogP contribution in [-0.4, -0.2) is 41.1 Å². The van der Waals surface area contributed by atoms with Gasteiger partial charge in [-0.2, -0.15) is 5.26 Å². The number of rotatable bonds is 6. The monoisotopic (exact) mass is 466 g/mol. The predicted octanol–water partition coefficient (Wildman–Crippen LogP) is 6.03. The fourth-order valence-electron chi connectivity index (χ4n) is 4.28. The Balaban J connectivity index is 0.000000808. The van der Waals surface area contributed by atoms with E-state index in [2.05, 4.69) is 72.4 Å². The number of aromatic amines is 1. The second kappa shape index (κ2) is 12.7. The van der Waals surface area contributed by atoms with Crippen LogP contribution in [0.2, 0.25) is 0 Å². The van der Waals surface area contributed by atoms with E-state index in [-0.39, 0.29) is 23.1 Å². The molecular formula is C25H33CuN5-. The van der Waals surface area contributed by atoms with Gasteiger partial charge in [-0.1, -0.05) is 69.5 Å². The van der Waals surface area contributed by atoms with E-state index in [0.29, 0.717) is 12.1 Å². The molecule has 1 aromatic carbocycles. The Kier molecular flexibility index (Phi) is 10.4. The maximum Gasteiger partial charge on any atom is 1.00 e. The molecule has 5 nitrogen and oxygen atoms in total. The normalized spacial score (nSPS) is 22.5. The molecule has 1 fully saturated rings. The zero-order valence-electron chi connectivity index (χ0n) is 18.7. The smallest absolute Gasteiger partial charge is 0.681 e. The van der Waals surface area contributed by atoms with Crippen molar-refractivity contribution in [2.75, 3.05) is 13.1 Å². The third-order valence-corrected chi connectivity index (χ3v) is 5.60. The number of para-hydroxylation sites is 1. The summed E-state index contributed by atoms with van der Waals surface area (Å²) in [5.41, 5.74) is 3.74. The summed E-state index contributed by atoms with van der Waals surface area (Å²) >= 11 is 0. The Morgan fingerprint density at radius 1 is 1.19 bits per heavy atom. The molecule has 1 aromatic heterocycles. The van der Waals surface area contributed by atoms with Gasteiger partial charge in [-0.15, -0.1) is 23.8 Å². The van der Waals surface area contributed by atoms with Crippen molar-refractivity contribution < 1.29 is 17.1 Å². The Morgan fingerprint density at radius 3 is 2.71 bits per heavy atom. The maximum absolute atomic E-state index is 7.32. The number of hydrogen-bond donors (Lipinski definition) is 1. The molecule has 3 heterocycles. The molecule has 0 amide bonds. The van der Waals surface area contributed by atoms with E-state index in [0.717, 1.165) is 19.6 Å². The first-order valence-electron chi connectivity index (χ1n) is 11.0. The Hall–Kier alpha value is -2.03. The standard InChI is InChI=1S/C23H30N4.C2H3N.Cu/c1-17-7-5-9-20(25-17)15-27(16-21-10-6-8-18(2)26-21)14-19-13-24-23-12-4-3-11-22(19)23;1-2-3;/h3-5,7,9,11-13,17-18,21,24H,6,8,10,14-16H2,1-2H3;1H3;/q-2;;+1. The minimum absolute atomic E-state index is 0. The molecule has 3 atom stereocenters. The third-order valence-electron chi connectivity index (χ3n) is 5.60. The number of aromatic nitrogens is 1. The van der Waals surface area contributed by atoms with Gasteiger partial charge in [0.15, 0.2) is 0 Å². The maximum atomic E-state index is 7.32. The van der Waals surface area contributed by atoms with Crippen LogP contribution in [0.25, 0.3) is 21.5 Å². The van der Waals surface area contributed by atoms with Crippen LogP contribution >= 0.6 is 0 Å². The van der Waals surface area contributed by atoms with Crippen LogP contribution in [-0.2, 0) is 23.6 Å². The molecule has 0 saturated carbocycles. The van der Waals surface area contributed by atoms with E-state index in [9.17, 15) is 0 Å². The van der Waals surface area contributed by atoms with E-state index in [1.54, 1.807) is 6.07 Å². The molecular weight excluding hydrogens is 434 g/mol. The summed E-state index contributed by atoms with van der Waals surface area (Å²) in [6, 6.07) is 11.5. The van der Waals surface area contributed by atoms with Gasteiger partial charge in [-0.05, 0) is 18.2 Å². The number of nitrogens with zero attached hydrogens (tertiary/aromatic N) is 4. The first-order valence-corrected chi connectivity index (χ1v) is 11.0. The molecule has 1 N–H and O–H groups in total. The van der Waals surface area contributed by atoms with Crippen LogP contribution in [0.5, 0.6) is 0 Å². The summed E-state index contributed by atoms with van der Waals surface area (Å²) in [4.78, 5) is 5.95. The number of H-pyrrole nitrogens is 1. The zero-order valence-corrected chi connectivity index (χ0v) is 19.6. The second-order valence-corrected chi connectivity index (χ2v) is 8.25. The van der Waals surface area contributed by atoms with Crippen molar-refractivity contribution in [3.05, 3.63) is 70.6 Å². The predicted molar refractivity (Wildman–Crippen MR) is 125 cm³/mol. The molecule has 31 heavy (non-hydrogen) atoms. The van der Waals surface area contributed by atoms with Gasteiger partial charge in [0.2, 0.25) is 0 Å². The number of nitrogens with one attached hydrogen (secondary N) is 1. The minimum Gasteiger partial charge on any atom is -0.681 e. The van der Waals surface area contributed by atoms with Crippen LogP contribution < -0.4 is 0 Å². The number of piperidine rings is 1. The van der Waals surface area contributed by atoms with Gasteiger partial charge < -0.3 is 15.6 Å². The average Bonchev–Trinajstić information content (AvgIpc) is 3.12. The van der Waals surface area contributed by atoms with Crippen LogP contribution in [0.1, 0.15) is 45.6 Å². The van der Waals surface area contributed by atoms with Crippen molar-refractivity contribution in [3.8, 4) is 6.07 Å². The summed E-state index contributed by atoms with van der Waals surface area (Å²) in [5, 5.41) is 18.5. The fraction of sp³-hybridized carbons (Fsp3) is 0.480. The van der Waals surface area contributed by atoms with E-state index < -0.39 is 0 Å². The van der Waals surface area contributed by atoms with Crippen molar-refractivity contribution >= 4 is 10.9 Å². The second-order valence-electron chi connectivity index (χ2n) is 8.25. The molecule has 3 unspecified atom stereocenters. The third kappa shape index (κ3) is 7.55. The zero-order chi connectivity index (χ0) is 21.3. The molecule has 0 spiro atoms. The van der Waals surface area contributed by atoms with Gasteiger partial charge >= 0.3 is 17.1 Å². The molecule has 1 saturated heterocycles. The first kappa shape index (κ1) is 25.2. The summed E-state index contributed by atoms with van der Waals surface area (Å²) in [5.74, 6) is 0. The summed E-state index contributed by atoms with van der Waals surface area (Å²) in [6.07, 6.45) is 12.3. The van der Waals surface area contributed by atoms with Crippen molar-refractivity contribution in [1.29, 1.82) is 5.26 Å². The van der Waals surface area contributed by atoms with Gasteiger partial charge in [0.05, 0.1) is 6.07 Å². The van der Waals surface area contributed by atoms with Crippen molar-refractivity contribution in [3.63, 3.8) is 0 Å². The summed E-state index contributed by atoms with van der Waals surface area (Å²) < 4.78 is 0. The van der Waals surface area contributed by atoms with Crippen LogP contribution in [0.3, 0.4) is 0 Å². The Bertz CT molecular complexity index is 910. The average molecular weight is 467 g/mol. The van der Waals surface area contributed by atoms with Crippen molar-refractivity contribution in [2.24, 2.45) is 0 Å². The SMILES string of the molecule is CC#N.CC1C=CC=C(CN(Cc2c[nH]c3ccccc23)CC2CCCC(C)[N-]2)[N-]1.[Cu+]. The van der Waals surface area contributed by atoms with Gasteiger partial charge in [-0.3, -0.25) is 4.90 Å². The van der Waals surface area contributed by atoms with Crippen molar-refractivity contribution in [1.82, 2.24) is 9.88 Å². The molecule has 170 valence electrons. The number of benzene rings is 1. The van der Waals surface area contributed by atoms with Crippen LogP contribution in [0.15, 0.2) is 54.4 Å². The van der Waals surface area contributed by atoms with Gasteiger partial charge in [-0.25, -0.2) is 0 Å². The molecule has 2 aliphatic rings. The van der Waals surface area contributed by atoms with E-state index in [1.165, 1.54) is 48.3 Å². The summed E-state index contributed by atoms with van der Waals surface area (Å²) in [7, 11) is 0. The largest absolute Gasteiger partial charge is 1.00 e. The number of fused-ring (bicyclic) bond motifs is 1. The quantitative estimate of drug-likeness (QED) is 0.528. The molecule has 2 aliphatic heterocycles. The van der Waals surface area contributed by atoms with Gasteiger partial charge in [0.25, 0.3) is 0 Å². The molecule has 4 rings (SSSR count). The molecule has 2 aromatic rings. The number of hydrogen-bond acceptors (Lipinski definition) is 2. The molecule has 0 bridgehead atoms.